The summed E-state index contributed by atoms with van der Waals surface area (Å²) in [5.41, 5.74) is 3.83. The van der Waals surface area contributed by atoms with E-state index < -0.39 is 0 Å². The van der Waals surface area contributed by atoms with Gasteiger partial charge in [0.05, 0.1) is 7.11 Å². The molecule has 30 heavy (non-hydrogen) atoms. The molecular weight excluding hydrogens is 383 g/mol. The van der Waals surface area contributed by atoms with Gasteiger partial charge in [0.1, 0.15) is 22.6 Å². The molecule has 3 aromatic rings. The summed E-state index contributed by atoms with van der Waals surface area (Å²) in [6, 6.07) is 11.1. The summed E-state index contributed by atoms with van der Waals surface area (Å²) in [5.74, 6) is 0.555. The van der Waals surface area contributed by atoms with Gasteiger partial charge in [-0.3, -0.25) is 9.80 Å². The van der Waals surface area contributed by atoms with Crippen LogP contribution in [0, 0.1) is 11.2 Å². The number of nitrogens with zero attached hydrogens (tertiary/aromatic N) is 4. The van der Waals surface area contributed by atoms with Crippen molar-refractivity contribution in [2.24, 2.45) is 5.41 Å². The van der Waals surface area contributed by atoms with E-state index >= 15 is 0 Å². The van der Waals surface area contributed by atoms with Gasteiger partial charge in [0.15, 0.2) is 0 Å². The smallest absolute Gasteiger partial charge is 0.139 e. The predicted molar refractivity (Wildman–Crippen MR) is 112 cm³/mol. The molecule has 0 bridgehead atoms. The van der Waals surface area contributed by atoms with E-state index in [1.165, 1.54) is 18.9 Å². The Morgan fingerprint density at radius 1 is 1.03 bits per heavy atom. The van der Waals surface area contributed by atoms with Gasteiger partial charge in [0.25, 0.3) is 0 Å². The third-order valence-corrected chi connectivity index (χ3v) is 6.67. The van der Waals surface area contributed by atoms with Crippen molar-refractivity contribution in [2.75, 3.05) is 33.3 Å². The molecule has 0 radical (unpaired) electrons. The molecule has 0 saturated carbocycles. The first-order valence-electron chi connectivity index (χ1n) is 10.6. The molecule has 0 N–H and O–H groups in total. The number of likely N-dealkylation sites (tertiary alicyclic amines) is 2. The molecule has 0 unspecified atom stereocenters. The highest BCUT2D eigenvalue weighted by Crippen LogP contribution is 2.40. The maximum atomic E-state index is 14.3. The van der Waals surface area contributed by atoms with E-state index in [1.807, 2.05) is 18.2 Å². The fourth-order valence-electron chi connectivity index (χ4n) is 5.21. The molecule has 2 aromatic carbocycles. The third kappa shape index (κ3) is 3.79. The average molecular weight is 410 g/mol. The lowest BCUT2D eigenvalue weighted by molar-refractivity contribution is 0.0858. The lowest BCUT2D eigenvalue weighted by atomic mass is 9.79. The summed E-state index contributed by atoms with van der Waals surface area (Å²) in [6.45, 7) is 5.65. The van der Waals surface area contributed by atoms with E-state index in [2.05, 4.69) is 26.2 Å². The van der Waals surface area contributed by atoms with E-state index in [9.17, 15) is 4.39 Å². The fraction of sp³-hybridized carbons (Fsp3) is 0.478. The Labute approximate surface area is 175 Å². The molecule has 1 spiro atoms. The highest BCUT2D eigenvalue weighted by molar-refractivity contribution is 5.76. The minimum atomic E-state index is -0.155. The molecule has 2 aliphatic heterocycles. The van der Waals surface area contributed by atoms with Gasteiger partial charge in [-0.2, -0.15) is 0 Å². The number of benzene rings is 2. The van der Waals surface area contributed by atoms with Crippen LogP contribution in [-0.2, 0) is 13.1 Å². The minimum absolute atomic E-state index is 0.155. The van der Waals surface area contributed by atoms with Crippen LogP contribution in [0.3, 0.4) is 0 Å². The van der Waals surface area contributed by atoms with E-state index in [-0.39, 0.29) is 11.2 Å². The van der Waals surface area contributed by atoms with Crippen LogP contribution in [-0.4, -0.2) is 53.4 Å². The Bertz CT molecular complexity index is 1040. The maximum absolute atomic E-state index is 14.3. The molecule has 2 aliphatic rings. The van der Waals surface area contributed by atoms with Crippen LogP contribution in [0.1, 0.15) is 30.4 Å². The molecule has 158 valence electrons. The predicted octanol–water partition coefficient (Wildman–Crippen LogP) is 3.86. The van der Waals surface area contributed by atoms with Gasteiger partial charge in [-0.05, 0) is 77.9 Å². The normalized spacial score (nSPS) is 22.9. The monoisotopic (exact) mass is 410 g/mol. The van der Waals surface area contributed by atoms with E-state index in [1.54, 1.807) is 13.2 Å². The molecular formula is C23H27FN4O2. The van der Waals surface area contributed by atoms with E-state index in [0.29, 0.717) is 17.9 Å². The number of ether oxygens (including phenoxy) is 1. The highest BCUT2D eigenvalue weighted by atomic mass is 19.1. The summed E-state index contributed by atoms with van der Waals surface area (Å²) in [4.78, 5) is 4.92. The highest BCUT2D eigenvalue weighted by Gasteiger charge is 2.41. The first-order valence-corrected chi connectivity index (χ1v) is 10.6. The van der Waals surface area contributed by atoms with Crippen molar-refractivity contribution in [3.63, 3.8) is 0 Å². The Balaban J connectivity index is 1.26. The van der Waals surface area contributed by atoms with Gasteiger partial charge in [-0.1, -0.05) is 12.1 Å². The molecule has 0 amide bonds. The first kappa shape index (κ1) is 19.5. The number of halogens is 1. The maximum Gasteiger partial charge on any atom is 0.139 e. The van der Waals surface area contributed by atoms with E-state index in [0.717, 1.165) is 55.7 Å². The number of methoxy groups -OCH3 is 1. The van der Waals surface area contributed by atoms with Crippen molar-refractivity contribution in [3.8, 4) is 5.75 Å². The quantitative estimate of drug-likeness (QED) is 0.637. The molecule has 1 aromatic heterocycles. The van der Waals surface area contributed by atoms with Crippen LogP contribution < -0.4 is 4.74 Å². The average Bonchev–Trinajstić information content (AvgIpc) is 3.38. The number of rotatable bonds is 5. The first-order chi connectivity index (χ1) is 14.6. The van der Waals surface area contributed by atoms with Crippen LogP contribution in [0.4, 0.5) is 4.39 Å². The van der Waals surface area contributed by atoms with Crippen molar-refractivity contribution >= 4 is 11.0 Å². The molecule has 1 atom stereocenters. The van der Waals surface area contributed by atoms with Gasteiger partial charge in [-0.15, -0.1) is 0 Å². The van der Waals surface area contributed by atoms with E-state index in [4.69, 9.17) is 9.37 Å². The van der Waals surface area contributed by atoms with Crippen molar-refractivity contribution in [1.29, 1.82) is 0 Å². The number of piperidine rings is 1. The zero-order valence-electron chi connectivity index (χ0n) is 17.3. The van der Waals surface area contributed by atoms with Gasteiger partial charge >= 0.3 is 0 Å². The summed E-state index contributed by atoms with van der Waals surface area (Å²) < 4.78 is 24.5. The van der Waals surface area contributed by atoms with Crippen molar-refractivity contribution in [3.05, 3.63) is 53.3 Å². The number of aromatic nitrogens is 2. The molecule has 6 nitrogen and oxygen atoms in total. The van der Waals surface area contributed by atoms with Crippen LogP contribution in [0.15, 0.2) is 41.0 Å². The van der Waals surface area contributed by atoms with Crippen LogP contribution in [0.5, 0.6) is 5.75 Å². The standard InChI is InChI=1S/C23H27FN4O2/c1-29-19-6-7-20(24)18(12-19)14-27-10-3-8-23(15-27)9-11-28(16-23)13-17-4-2-5-21-22(17)26-30-25-21/h2,4-7,12H,3,8-11,13-16H2,1H3/t23-/m0/s1. The molecule has 7 heteroatoms. The largest absolute Gasteiger partial charge is 0.497 e. The molecule has 5 rings (SSSR count). The minimum Gasteiger partial charge on any atom is -0.497 e. The topological polar surface area (TPSA) is 54.6 Å². The fourth-order valence-corrected chi connectivity index (χ4v) is 5.21. The Morgan fingerprint density at radius 3 is 2.73 bits per heavy atom. The Hall–Kier alpha value is -2.51. The van der Waals surface area contributed by atoms with Crippen LogP contribution >= 0.6 is 0 Å². The van der Waals surface area contributed by atoms with Crippen molar-refractivity contribution in [2.45, 2.75) is 32.4 Å². The summed E-state index contributed by atoms with van der Waals surface area (Å²) in [7, 11) is 1.62. The second-order valence-electron chi connectivity index (χ2n) is 8.78. The lowest BCUT2D eigenvalue weighted by Crippen LogP contribution is -2.44. The van der Waals surface area contributed by atoms with Gasteiger partial charge in [0, 0.05) is 31.7 Å². The molecule has 0 aliphatic carbocycles. The zero-order valence-corrected chi connectivity index (χ0v) is 17.3. The molecule has 2 fully saturated rings. The van der Waals surface area contributed by atoms with Gasteiger partial charge in [0.2, 0.25) is 0 Å². The second kappa shape index (κ2) is 7.96. The second-order valence-corrected chi connectivity index (χ2v) is 8.78. The van der Waals surface area contributed by atoms with Crippen molar-refractivity contribution < 1.29 is 13.8 Å². The van der Waals surface area contributed by atoms with Gasteiger partial charge in [-0.25, -0.2) is 9.02 Å². The Kier molecular flexibility index (Phi) is 5.16. The Morgan fingerprint density at radius 2 is 1.87 bits per heavy atom. The summed E-state index contributed by atoms with van der Waals surface area (Å²) in [5, 5.41) is 8.03. The number of fused-ring (bicyclic) bond motifs is 1. The van der Waals surface area contributed by atoms with Crippen molar-refractivity contribution in [1.82, 2.24) is 20.1 Å². The molecule has 3 heterocycles. The van der Waals surface area contributed by atoms with Crippen LogP contribution in [0.25, 0.3) is 11.0 Å². The summed E-state index contributed by atoms with van der Waals surface area (Å²) >= 11 is 0. The third-order valence-electron chi connectivity index (χ3n) is 6.67. The number of hydrogen-bond acceptors (Lipinski definition) is 6. The van der Waals surface area contributed by atoms with Crippen LogP contribution in [0.2, 0.25) is 0 Å². The SMILES string of the molecule is COc1ccc(F)c(CN2CCC[C@]3(CCN(Cc4cccc5nonc45)C3)C2)c1. The zero-order chi connectivity index (χ0) is 20.6. The lowest BCUT2D eigenvalue weighted by Gasteiger charge is -2.40. The molecule has 2 saturated heterocycles. The van der Waals surface area contributed by atoms with Gasteiger partial charge < -0.3 is 4.74 Å². The summed E-state index contributed by atoms with van der Waals surface area (Å²) in [6.07, 6.45) is 3.57. The number of hydrogen-bond donors (Lipinski definition) is 0.